The molecular formula is C14H19NO3S. The van der Waals surface area contributed by atoms with Crippen LogP contribution in [0.3, 0.4) is 0 Å². The van der Waals surface area contributed by atoms with Crippen LogP contribution in [0.4, 0.5) is 5.69 Å². The summed E-state index contributed by atoms with van der Waals surface area (Å²) in [6, 6.07) is 7.33. The van der Waals surface area contributed by atoms with Crippen LogP contribution in [0.5, 0.6) is 0 Å². The third-order valence-electron chi connectivity index (χ3n) is 3.93. The van der Waals surface area contributed by atoms with Gasteiger partial charge in [0.15, 0.2) is 0 Å². The van der Waals surface area contributed by atoms with E-state index in [2.05, 4.69) is 0 Å². The van der Waals surface area contributed by atoms with Crippen molar-refractivity contribution in [1.82, 2.24) is 0 Å². The van der Waals surface area contributed by atoms with E-state index in [1.54, 1.807) is 12.1 Å². The average Bonchev–Trinajstić information content (AvgIpc) is 2.87. The average molecular weight is 281 g/mol. The van der Waals surface area contributed by atoms with Crippen LogP contribution in [0.25, 0.3) is 0 Å². The molecule has 0 radical (unpaired) electrons. The highest BCUT2D eigenvalue weighted by Gasteiger charge is 2.42. The number of benzene rings is 1. The maximum Gasteiger partial charge on any atom is 0.0948 e. The van der Waals surface area contributed by atoms with Gasteiger partial charge in [-0.2, -0.15) is 0 Å². The fourth-order valence-electron chi connectivity index (χ4n) is 2.82. The fourth-order valence-corrected chi connectivity index (χ4v) is 4.38. The summed E-state index contributed by atoms with van der Waals surface area (Å²) in [4.78, 5) is 0.857. The van der Waals surface area contributed by atoms with Gasteiger partial charge >= 0.3 is 0 Å². The zero-order valence-corrected chi connectivity index (χ0v) is 11.7. The van der Waals surface area contributed by atoms with Crippen molar-refractivity contribution in [3.05, 3.63) is 24.3 Å². The standard InChI is InChI=1S/C14H19NO3S/c15-11-1-3-12(4-2-11)19(16)13-5-7-18-14(9-13)6-8-17-10-14/h1-4,13H,5-10,15H2. The number of hydrogen-bond donors (Lipinski definition) is 1. The lowest BCUT2D eigenvalue weighted by atomic mass is 9.93. The third-order valence-corrected chi connectivity index (χ3v) is 5.67. The minimum atomic E-state index is -0.991. The molecule has 1 aromatic carbocycles. The second-order valence-corrected chi connectivity index (χ2v) is 7.05. The number of hydrogen-bond acceptors (Lipinski definition) is 4. The SMILES string of the molecule is Nc1ccc(S(=O)C2CCOC3(CCOC3)C2)cc1. The van der Waals surface area contributed by atoms with E-state index >= 15 is 0 Å². The van der Waals surface area contributed by atoms with Crippen LogP contribution in [0.1, 0.15) is 19.3 Å². The van der Waals surface area contributed by atoms with Crippen LogP contribution in [0.15, 0.2) is 29.2 Å². The topological polar surface area (TPSA) is 61.6 Å². The van der Waals surface area contributed by atoms with Gasteiger partial charge in [0, 0.05) is 35.5 Å². The lowest BCUT2D eigenvalue weighted by Gasteiger charge is -2.36. The molecule has 2 aliphatic rings. The minimum absolute atomic E-state index is 0.152. The van der Waals surface area contributed by atoms with Crippen LogP contribution < -0.4 is 5.73 Å². The van der Waals surface area contributed by atoms with Gasteiger partial charge in [-0.1, -0.05) is 0 Å². The molecule has 3 unspecified atom stereocenters. The van der Waals surface area contributed by atoms with Crippen molar-refractivity contribution in [2.45, 2.75) is 35.0 Å². The molecule has 2 fully saturated rings. The van der Waals surface area contributed by atoms with Gasteiger partial charge in [-0.25, -0.2) is 0 Å². The van der Waals surface area contributed by atoms with Gasteiger partial charge in [-0.15, -0.1) is 0 Å². The maximum atomic E-state index is 12.6. The first kappa shape index (κ1) is 13.1. The number of rotatable bonds is 2. The molecule has 4 nitrogen and oxygen atoms in total. The Hall–Kier alpha value is -0.910. The molecule has 1 spiro atoms. The van der Waals surface area contributed by atoms with Gasteiger partial charge in [0.05, 0.1) is 23.0 Å². The number of nitrogens with two attached hydrogens (primary N) is 1. The van der Waals surface area contributed by atoms with E-state index in [-0.39, 0.29) is 10.9 Å². The van der Waals surface area contributed by atoms with Crippen LogP contribution in [0.2, 0.25) is 0 Å². The third kappa shape index (κ3) is 2.68. The van der Waals surface area contributed by atoms with Crippen LogP contribution >= 0.6 is 0 Å². The first-order valence-electron chi connectivity index (χ1n) is 6.66. The van der Waals surface area contributed by atoms with Crippen molar-refractivity contribution in [2.24, 2.45) is 0 Å². The summed E-state index contributed by atoms with van der Waals surface area (Å²) in [5.74, 6) is 0. The minimum Gasteiger partial charge on any atom is -0.399 e. The van der Waals surface area contributed by atoms with E-state index in [0.29, 0.717) is 18.9 Å². The zero-order valence-electron chi connectivity index (χ0n) is 10.8. The highest BCUT2D eigenvalue weighted by Crippen LogP contribution is 2.35. The molecule has 3 atom stereocenters. The molecular weight excluding hydrogens is 262 g/mol. The summed E-state index contributed by atoms with van der Waals surface area (Å²) in [7, 11) is -0.991. The summed E-state index contributed by atoms with van der Waals surface area (Å²) in [5, 5.41) is 0.152. The molecule has 3 rings (SSSR count). The van der Waals surface area contributed by atoms with E-state index in [4.69, 9.17) is 15.2 Å². The molecule has 2 saturated heterocycles. The van der Waals surface area contributed by atoms with E-state index in [0.717, 1.165) is 30.8 Å². The predicted octanol–water partition coefficient (Wildman–Crippen LogP) is 1.71. The lowest BCUT2D eigenvalue weighted by Crippen LogP contribution is -2.43. The Morgan fingerprint density at radius 2 is 2.05 bits per heavy atom. The first-order valence-corrected chi connectivity index (χ1v) is 7.88. The summed E-state index contributed by atoms with van der Waals surface area (Å²) in [5.41, 5.74) is 6.18. The second-order valence-electron chi connectivity index (χ2n) is 5.32. The molecule has 0 saturated carbocycles. The zero-order chi connectivity index (χ0) is 13.3. The largest absolute Gasteiger partial charge is 0.399 e. The number of nitrogen functional groups attached to an aromatic ring is 1. The highest BCUT2D eigenvalue weighted by molar-refractivity contribution is 7.85. The van der Waals surface area contributed by atoms with Crippen molar-refractivity contribution < 1.29 is 13.7 Å². The quantitative estimate of drug-likeness (QED) is 0.838. The summed E-state index contributed by atoms with van der Waals surface area (Å²) >= 11 is 0. The van der Waals surface area contributed by atoms with Crippen molar-refractivity contribution in [3.8, 4) is 0 Å². The molecule has 1 aromatic rings. The molecule has 0 aliphatic carbocycles. The molecule has 2 N–H and O–H groups in total. The summed E-state index contributed by atoms with van der Waals surface area (Å²) in [6.45, 7) is 2.07. The molecule has 104 valence electrons. The van der Waals surface area contributed by atoms with Crippen LogP contribution in [-0.4, -0.2) is 34.9 Å². The summed E-state index contributed by atoms with van der Waals surface area (Å²) < 4.78 is 24.0. The van der Waals surface area contributed by atoms with Gasteiger partial charge in [0.2, 0.25) is 0 Å². The predicted molar refractivity (Wildman–Crippen MR) is 74.4 cm³/mol. The Morgan fingerprint density at radius 1 is 1.26 bits per heavy atom. The van der Waals surface area contributed by atoms with E-state index in [9.17, 15) is 4.21 Å². The van der Waals surface area contributed by atoms with Gasteiger partial charge in [0.1, 0.15) is 0 Å². The molecule has 19 heavy (non-hydrogen) atoms. The van der Waals surface area contributed by atoms with Crippen molar-refractivity contribution in [3.63, 3.8) is 0 Å². The maximum absolute atomic E-state index is 12.6. The molecule has 5 heteroatoms. The lowest BCUT2D eigenvalue weighted by molar-refractivity contribution is -0.0774. The van der Waals surface area contributed by atoms with E-state index in [1.165, 1.54) is 0 Å². The Bertz CT molecular complexity index is 468. The van der Waals surface area contributed by atoms with Crippen molar-refractivity contribution >= 4 is 16.5 Å². The van der Waals surface area contributed by atoms with Gasteiger partial charge in [-0.05, 0) is 37.1 Å². The fraction of sp³-hybridized carbons (Fsp3) is 0.571. The second kappa shape index (κ2) is 5.23. The van der Waals surface area contributed by atoms with Crippen LogP contribution in [-0.2, 0) is 20.3 Å². The Kier molecular flexibility index (Phi) is 3.60. The molecule has 0 amide bonds. The monoisotopic (exact) mass is 281 g/mol. The van der Waals surface area contributed by atoms with Crippen molar-refractivity contribution in [1.29, 1.82) is 0 Å². The first-order chi connectivity index (χ1) is 9.19. The number of ether oxygens (including phenoxy) is 2. The van der Waals surface area contributed by atoms with E-state index in [1.807, 2.05) is 12.1 Å². The Balaban J connectivity index is 1.74. The highest BCUT2D eigenvalue weighted by atomic mass is 32.2. The molecule has 2 heterocycles. The van der Waals surface area contributed by atoms with Crippen LogP contribution in [0, 0.1) is 0 Å². The molecule has 2 aliphatic heterocycles. The smallest absolute Gasteiger partial charge is 0.0948 e. The van der Waals surface area contributed by atoms with Gasteiger partial charge in [0.25, 0.3) is 0 Å². The molecule has 0 bridgehead atoms. The van der Waals surface area contributed by atoms with E-state index < -0.39 is 10.8 Å². The number of anilines is 1. The normalized spacial score (nSPS) is 32.5. The van der Waals surface area contributed by atoms with Crippen molar-refractivity contribution in [2.75, 3.05) is 25.6 Å². The Labute approximate surface area is 115 Å². The van der Waals surface area contributed by atoms with Gasteiger partial charge < -0.3 is 15.2 Å². The Morgan fingerprint density at radius 3 is 2.74 bits per heavy atom. The summed E-state index contributed by atoms with van der Waals surface area (Å²) in [6.07, 6.45) is 2.59. The molecule has 0 aromatic heterocycles. The van der Waals surface area contributed by atoms with Gasteiger partial charge in [-0.3, -0.25) is 4.21 Å².